The molecule has 1 atom stereocenters. The number of likely N-dealkylation sites (tertiary alicyclic amines) is 1. The van der Waals surface area contributed by atoms with Gasteiger partial charge in [-0.1, -0.05) is 5.16 Å². The third kappa shape index (κ3) is 3.97. The molecule has 30 heavy (non-hydrogen) atoms. The van der Waals surface area contributed by atoms with Gasteiger partial charge in [0.25, 0.3) is 5.91 Å². The van der Waals surface area contributed by atoms with Crippen molar-refractivity contribution in [3.8, 4) is 0 Å². The number of hydrogen-bond donors (Lipinski definition) is 1. The van der Waals surface area contributed by atoms with Crippen LogP contribution >= 0.6 is 0 Å². The summed E-state index contributed by atoms with van der Waals surface area (Å²) in [6, 6.07) is 6.95. The van der Waals surface area contributed by atoms with E-state index in [-0.39, 0.29) is 16.7 Å². The molecule has 0 saturated carbocycles. The third-order valence-corrected chi connectivity index (χ3v) is 7.41. The fourth-order valence-corrected chi connectivity index (χ4v) is 5.45. The van der Waals surface area contributed by atoms with E-state index in [1.807, 2.05) is 0 Å². The highest BCUT2D eigenvalue weighted by Gasteiger charge is 2.35. The number of carbonyl (C=O) groups excluding carboxylic acids is 2. The van der Waals surface area contributed by atoms with Gasteiger partial charge in [-0.2, -0.15) is 4.31 Å². The van der Waals surface area contributed by atoms with Crippen molar-refractivity contribution >= 4 is 27.7 Å². The first kappa shape index (κ1) is 20.5. The number of hydrogen-bond acceptors (Lipinski definition) is 6. The summed E-state index contributed by atoms with van der Waals surface area (Å²) in [5.74, 6) is 0.276. The predicted octanol–water partition coefficient (Wildman–Crippen LogP) is 2.01. The van der Waals surface area contributed by atoms with Crippen LogP contribution in [-0.2, 0) is 14.8 Å². The van der Waals surface area contributed by atoms with Crippen molar-refractivity contribution in [2.75, 3.05) is 25.0 Å². The minimum Gasteiger partial charge on any atom is -0.360 e. The SMILES string of the molecule is Cc1cc(NC(=O)[C@@H]2CCCN2C(=O)c2ccc(S(=O)(=O)N3CCCC3)cc2)no1. The van der Waals surface area contributed by atoms with E-state index < -0.39 is 16.1 Å². The summed E-state index contributed by atoms with van der Waals surface area (Å²) in [5.41, 5.74) is 0.354. The molecule has 9 nitrogen and oxygen atoms in total. The van der Waals surface area contributed by atoms with Crippen LogP contribution in [0.2, 0.25) is 0 Å². The predicted molar refractivity (Wildman–Crippen MR) is 108 cm³/mol. The van der Waals surface area contributed by atoms with Gasteiger partial charge in [-0.25, -0.2) is 8.42 Å². The van der Waals surface area contributed by atoms with Crippen LogP contribution in [0.3, 0.4) is 0 Å². The standard InChI is InChI=1S/C20H24N4O5S/c1-14-13-18(22-29-14)21-19(25)17-5-4-12-24(17)20(26)15-6-8-16(9-7-15)30(27,28)23-10-2-3-11-23/h6-9,13,17H,2-5,10-12H2,1H3,(H,21,22,25)/t17-/m0/s1. The van der Waals surface area contributed by atoms with Crippen LogP contribution < -0.4 is 5.32 Å². The van der Waals surface area contributed by atoms with Crippen molar-refractivity contribution in [2.24, 2.45) is 0 Å². The van der Waals surface area contributed by atoms with E-state index in [1.54, 1.807) is 13.0 Å². The molecule has 0 radical (unpaired) electrons. The monoisotopic (exact) mass is 432 g/mol. The molecule has 1 N–H and O–H groups in total. The number of amides is 2. The Kier molecular flexibility index (Phi) is 5.61. The van der Waals surface area contributed by atoms with E-state index in [0.29, 0.717) is 49.6 Å². The van der Waals surface area contributed by atoms with Gasteiger partial charge in [-0.15, -0.1) is 0 Å². The highest BCUT2D eigenvalue weighted by Crippen LogP contribution is 2.24. The fraction of sp³-hybridized carbons (Fsp3) is 0.450. The zero-order chi connectivity index (χ0) is 21.3. The first-order valence-corrected chi connectivity index (χ1v) is 11.5. The Bertz CT molecular complexity index is 1040. The molecule has 2 amide bonds. The lowest BCUT2D eigenvalue weighted by atomic mass is 10.1. The van der Waals surface area contributed by atoms with Crippen molar-refractivity contribution in [3.05, 3.63) is 41.7 Å². The van der Waals surface area contributed by atoms with E-state index in [4.69, 9.17) is 4.52 Å². The highest BCUT2D eigenvalue weighted by molar-refractivity contribution is 7.89. The topological polar surface area (TPSA) is 113 Å². The Morgan fingerprint density at radius 3 is 2.43 bits per heavy atom. The number of nitrogens with one attached hydrogen (secondary N) is 1. The number of aryl methyl sites for hydroxylation is 1. The van der Waals surface area contributed by atoms with Gasteiger partial charge < -0.3 is 14.7 Å². The van der Waals surface area contributed by atoms with Gasteiger partial charge >= 0.3 is 0 Å². The Hall–Kier alpha value is -2.72. The minimum atomic E-state index is -3.53. The average Bonchev–Trinajstić information content (AvgIpc) is 3.49. The zero-order valence-electron chi connectivity index (χ0n) is 16.7. The van der Waals surface area contributed by atoms with Crippen molar-refractivity contribution in [1.29, 1.82) is 0 Å². The second-order valence-corrected chi connectivity index (χ2v) is 9.54. The molecule has 4 rings (SSSR count). The highest BCUT2D eigenvalue weighted by atomic mass is 32.2. The number of aromatic nitrogens is 1. The first-order chi connectivity index (χ1) is 14.4. The number of nitrogens with zero attached hydrogens (tertiary/aromatic N) is 3. The molecule has 2 aliphatic rings. The van der Waals surface area contributed by atoms with Gasteiger partial charge in [-0.3, -0.25) is 9.59 Å². The number of carbonyl (C=O) groups is 2. The molecular formula is C20H24N4O5S. The normalized spacial score (nSPS) is 19.9. The minimum absolute atomic E-state index is 0.179. The molecule has 0 aliphatic carbocycles. The van der Waals surface area contributed by atoms with Crippen molar-refractivity contribution in [3.63, 3.8) is 0 Å². The van der Waals surface area contributed by atoms with Gasteiger partial charge in [0.2, 0.25) is 15.9 Å². The van der Waals surface area contributed by atoms with E-state index in [2.05, 4.69) is 10.5 Å². The Balaban J connectivity index is 1.47. The maximum absolute atomic E-state index is 13.0. The fourth-order valence-electron chi connectivity index (χ4n) is 3.93. The molecule has 3 heterocycles. The maximum atomic E-state index is 13.0. The van der Waals surface area contributed by atoms with Gasteiger partial charge in [-0.05, 0) is 56.9 Å². The van der Waals surface area contributed by atoms with Crippen LogP contribution in [0.25, 0.3) is 0 Å². The lowest BCUT2D eigenvalue weighted by Crippen LogP contribution is -2.43. The largest absolute Gasteiger partial charge is 0.360 e. The molecule has 0 bridgehead atoms. The van der Waals surface area contributed by atoms with Gasteiger partial charge in [0.15, 0.2) is 5.82 Å². The number of anilines is 1. The molecule has 2 fully saturated rings. The summed E-state index contributed by atoms with van der Waals surface area (Å²) >= 11 is 0. The molecule has 1 aromatic carbocycles. The van der Waals surface area contributed by atoms with Crippen LogP contribution in [0, 0.1) is 6.92 Å². The second kappa shape index (κ2) is 8.19. The van der Waals surface area contributed by atoms with Crippen LogP contribution in [0.15, 0.2) is 39.8 Å². The molecule has 0 spiro atoms. The Morgan fingerprint density at radius 2 is 1.80 bits per heavy atom. The van der Waals surface area contributed by atoms with E-state index >= 15 is 0 Å². The van der Waals surface area contributed by atoms with Crippen molar-refractivity contribution in [1.82, 2.24) is 14.4 Å². The summed E-state index contributed by atoms with van der Waals surface area (Å²) in [5, 5.41) is 6.43. The number of sulfonamides is 1. The summed E-state index contributed by atoms with van der Waals surface area (Å²) in [6.45, 7) is 3.24. The molecule has 2 aromatic rings. The molecule has 10 heteroatoms. The summed E-state index contributed by atoms with van der Waals surface area (Å²) < 4.78 is 31.7. The second-order valence-electron chi connectivity index (χ2n) is 7.60. The molecule has 160 valence electrons. The van der Waals surface area contributed by atoms with Crippen molar-refractivity contribution < 1.29 is 22.5 Å². The molecule has 2 aliphatic heterocycles. The smallest absolute Gasteiger partial charge is 0.254 e. The van der Waals surface area contributed by atoms with E-state index in [0.717, 1.165) is 12.8 Å². The van der Waals surface area contributed by atoms with E-state index in [9.17, 15) is 18.0 Å². The third-order valence-electron chi connectivity index (χ3n) is 5.50. The maximum Gasteiger partial charge on any atom is 0.254 e. The van der Waals surface area contributed by atoms with Crippen LogP contribution in [-0.4, -0.2) is 60.3 Å². The summed E-state index contributed by atoms with van der Waals surface area (Å²) in [4.78, 5) is 27.3. The van der Waals surface area contributed by atoms with Crippen LogP contribution in [0.1, 0.15) is 41.8 Å². The quantitative estimate of drug-likeness (QED) is 0.773. The van der Waals surface area contributed by atoms with Crippen LogP contribution in [0.4, 0.5) is 5.82 Å². The molecular weight excluding hydrogens is 408 g/mol. The Morgan fingerprint density at radius 1 is 1.10 bits per heavy atom. The Labute approximate surface area is 175 Å². The zero-order valence-corrected chi connectivity index (χ0v) is 17.5. The lowest BCUT2D eigenvalue weighted by molar-refractivity contribution is -0.119. The number of benzene rings is 1. The van der Waals surface area contributed by atoms with E-state index in [1.165, 1.54) is 33.5 Å². The lowest BCUT2D eigenvalue weighted by Gasteiger charge is -2.23. The van der Waals surface area contributed by atoms with Gasteiger partial charge in [0.1, 0.15) is 11.8 Å². The average molecular weight is 433 g/mol. The van der Waals surface area contributed by atoms with Gasteiger partial charge in [0, 0.05) is 31.3 Å². The van der Waals surface area contributed by atoms with Gasteiger partial charge in [0.05, 0.1) is 4.90 Å². The van der Waals surface area contributed by atoms with Crippen molar-refractivity contribution in [2.45, 2.75) is 43.5 Å². The molecule has 1 aromatic heterocycles. The van der Waals surface area contributed by atoms with Crippen LogP contribution in [0.5, 0.6) is 0 Å². The summed E-state index contributed by atoms with van der Waals surface area (Å²) in [6.07, 6.45) is 2.99. The molecule has 2 saturated heterocycles. The number of rotatable bonds is 5. The molecule has 0 unspecified atom stereocenters. The summed E-state index contributed by atoms with van der Waals surface area (Å²) in [7, 11) is -3.53. The first-order valence-electron chi connectivity index (χ1n) is 10.0.